The molecule has 3 aromatic rings. The first-order valence-electron chi connectivity index (χ1n) is 8.06. The maximum atomic E-state index is 12.9. The fourth-order valence-electron chi connectivity index (χ4n) is 3.05. The molecule has 0 bridgehead atoms. The number of nitrogens with zero attached hydrogens (tertiary/aromatic N) is 4. The van der Waals surface area contributed by atoms with Crippen LogP contribution in [0.15, 0.2) is 29.3 Å². The molecule has 1 N–H and O–H groups in total. The van der Waals surface area contributed by atoms with E-state index in [-0.39, 0.29) is 33.1 Å². The number of fused-ring (bicyclic) bond motifs is 2. The summed E-state index contributed by atoms with van der Waals surface area (Å²) in [4.78, 5) is 4.27. The summed E-state index contributed by atoms with van der Waals surface area (Å²) in [5.74, 6) is 0.705. The number of nitriles is 1. The van der Waals surface area contributed by atoms with Gasteiger partial charge in [-0.05, 0) is 26.0 Å². The second kappa shape index (κ2) is 6.11. The Labute approximate surface area is 160 Å². The normalized spacial score (nSPS) is 16.0. The molecule has 1 atom stereocenters. The van der Waals surface area contributed by atoms with E-state index in [1.54, 1.807) is 19.1 Å². The molecule has 8 nitrogen and oxygen atoms in total. The summed E-state index contributed by atoms with van der Waals surface area (Å²) in [5, 5.41) is 13.5. The topological polar surface area (TPSA) is 109 Å². The summed E-state index contributed by atoms with van der Waals surface area (Å²) in [6.07, 6.45) is 1.87. The Kier molecular flexibility index (Phi) is 3.98. The van der Waals surface area contributed by atoms with Crippen LogP contribution in [0.25, 0.3) is 5.65 Å². The number of nitrogens with one attached hydrogen (secondary N) is 1. The first-order chi connectivity index (χ1) is 12.8. The largest absolute Gasteiger partial charge is 0.489 e. The second-order valence-corrected chi connectivity index (χ2v) is 8.41. The van der Waals surface area contributed by atoms with Crippen LogP contribution in [0.2, 0.25) is 5.02 Å². The van der Waals surface area contributed by atoms with Gasteiger partial charge in [0.15, 0.2) is 5.65 Å². The summed E-state index contributed by atoms with van der Waals surface area (Å²) in [7, 11) is -3.94. The van der Waals surface area contributed by atoms with E-state index in [2.05, 4.69) is 14.8 Å². The average Bonchev–Trinajstić information content (AvgIpc) is 3.17. The smallest absolute Gasteiger partial charge is 0.263 e. The molecule has 1 aromatic carbocycles. The third kappa shape index (κ3) is 2.97. The van der Waals surface area contributed by atoms with Crippen LogP contribution in [0.1, 0.15) is 23.7 Å². The zero-order valence-corrected chi connectivity index (χ0v) is 16.0. The van der Waals surface area contributed by atoms with Crippen molar-refractivity contribution in [2.45, 2.75) is 31.3 Å². The molecule has 4 rings (SSSR count). The molecule has 1 aliphatic heterocycles. The van der Waals surface area contributed by atoms with E-state index in [0.717, 1.165) is 5.56 Å². The van der Waals surface area contributed by atoms with Crippen LogP contribution in [0.4, 0.5) is 5.82 Å². The molecule has 138 valence electrons. The number of benzene rings is 1. The van der Waals surface area contributed by atoms with Crippen LogP contribution in [-0.2, 0) is 16.4 Å². The summed E-state index contributed by atoms with van der Waals surface area (Å²) in [6.45, 7) is 3.60. The summed E-state index contributed by atoms with van der Waals surface area (Å²) in [6, 6.07) is 6.44. The van der Waals surface area contributed by atoms with Gasteiger partial charge in [0.2, 0.25) is 0 Å². The minimum Gasteiger partial charge on any atom is -0.489 e. The Morgan fingerprint density at radius 3 is 2.93 bits per heavy atom. The van der Waals surface area contributed by atoms with Crippen LogP contribution >= 0.6 is 11.6 Å². The van der Waals surface area contributed by atoms with Gasteiger partial charge in [-0.25, -0.2) is 13.4 Å². The van der Waals surface area contributed by atoms with Gasteiger partial charge in [0.05, 0.1) is 16.1 Å². The van der Waals surface area contributed by atoms with E-state index in [4.69, 9.17) is 21.6 Å². The van der Waals surface area contributed by atoms with E-state index in [0.29, 0.717) is 17.9 Å². The summed E-state index contributed by atoms with van der Waals surface area (Å²) in [5.41, 5.74) is 1.83. The van der Waals surface area contributed by atoms with E-state index in [1.165, 1.54) is 16.8 Å². The molecule has 27 heavy (non-hydrogen) atoms. The highest BCUT2D eigenvalue weighted by atomic mass is 35.5. The lowest BCUT2D eigenvalue weighted by atomic mass is 10.1. The van der Waals surface area contributed by atoms with E-state index < -0.39 is 10.0 Å². The van der Waals surface area contributed by atoms with Crippen LogP contribution < -0.4 is 9.46 Å². The number of aromatic nitrogens is 3. The molecule has 2 aromatic heterocycles. The predicted octanol–water partition coefficient (Wildman–Crippen LogP) is 2.69. The van der Waals surface area contributed by atoms with Gasteiger partial charge in [-0.15, -0.1) is 0 Å². The lowest BCUT2D eigenvalue weighted by Gasteiger charge is -2.12. The lowest BCUT2D eigenvalue weighted by molar-refractivity contribution is 0.255. The molecule has 3 heterocycles. The van der Waals surface area contributed by atoms with Crippen molar-refractivity contribution in [3.05, 3.63) is 46.2 Å². The van der Waals surface area contributed by atoms with Crippen molar-refractivity contribution in [3.63, 3.8) is 0 Å². The average molecular weight is 404 g/mol. The fraction of sp³-hybridized carbons (Fsp3) is 0.235. The number of anilines is 1. The third-order valence-electron chi connectivity index (χ3n) is 4.19. The molecule has 0 spiro atoms. The SMILES string of the molecule is Cc1cc(NS(=O)(=O)c2cc(Cl)c3c(c2)CC(C)O3)n2ncc(C#N)c2n1. The molecule has 0 fully saturated rings. The summed E-state index contributed by atoms with van der Waals surface area (Å²) >= 11 is 6.21. The minimum absolute atomic E-state index is 0.0271. The Morgan fingerprint density at radius 2 is 2.19 bits per heavy atom. The van der Waals surface area contributed by atoms with Crippen LogP contribution in [0.5, 0.6) is 5.75 Å². The van der Waals surface area contributed by atoms with Crippen LogP contribution in [0, 0.1) is 18.3 Å². The van der Waals surface area contributed by atoms with Crippen LogP contribution in [0.3, 0.4) is 0 Å². The predicted molar refractivity (Wildman–Crippen MR) is 98.5 cm³/mol. The van der Waals surface area contributed by atoms with Gasteiger partial charge in [-0.1, -0.05) is 11.6 Å². The van der Waals surface area contributed by atoms with Crippen molar-refractivity contribution in [2.24, 2.45) is 0 Å². The highest BCUT2D eigenvalue weighted by Crippen LogP contribution is 2.38. The number of ether oxygens (including phenoxy) is 1. The first kappa shape index (κ1) is 17.6. The molecule has 0 amide bonds. The quantitative estimate of drug-likeness (QED) is 0.720. The van der Waals surface area contributed by atoms with Crippen molar-refractivity contribution in [3.8, 4) is 11.8 Å². The Hall–Kier alpha value is -2.83. The molecule has 1 aliphatic rings. The van der Waals surface area contributed by atoms with Gasteiger partial charge in [0.25, 0.3) is 10.0 Å². The highest BCUT2D eigenvalue weighted by molar-refractivity contribution is 7.92. The van der Waals surface area contributed by atoms with Crippen LogP contribution in [-0.4, -0.2) is 29.1 Å². The van der Waals surface area contributed by atoms with E-state index >= 15 is 0 Å². The number of hydrogen-bond donors (Lipinski definition) is 1. The van der Waals surface area contributed by atoms with Gasteiger partial charge >= 0.3 is 0 Å². The monoisotopic (exact) mass is 403 g/mol. The maximum Gasteiger partial charge on any atom is 0.263 e. The van der Waals surface area contributed by atoms with E-state index in [9.17, 15) is 8.42 Å². The third-order valence-corrected chi connectivity index (χ3v) is 5.80. The Morgan fingerprint density at radius 1 is 1.41 bits per heavy atom. The highest BCUT2D eigenvalue weighted by Gasteiger charge is 2.26. The number of hydrogen-bond acceptors (Lipinski definition) is 6. The van der Waals surface area contributed by atoms with Gasteiger partial charge in [0.1, 0.15) is 29.3 Å². The minimum atomic E-state index is -3.94. The molecule has 0 aliphatic carbocycles. The molecule has 0 radical (unpaired) electrons. The second-order valence-electron chi connectivity index (χ2n) is 6.32. The lowest BCUT2D eigenvalue weighted by Crippen LogP contribution is -2.16. The van der Waals surface area contributed by atoms with Gasteiger partial charge in [0, 0.05) is 23.7 Å². The Bertz CT molecular complexity index is 1230. The van der Waals surface area contributed by atoms with Gasteiger partial charge in [-0.3, -0.25) is 4.72 Å². The number of sulfonamides is 1. The first-order valence-corrected chi connectivity index (χ1v) is 9.92. The summed E-state index contributed by atoms with van der Waals surface area (Å²) < 4.78 is 35.3. The zero-order chi connectivity index (χ0) is 19.3. The maximum absolute atomic E-state index is 12.9. The molecule has 1 unspecified atom stereocenters. The molecular formula is C17H14ClN5O3S. The fourth-order valence-corrected chi connectivity index (χ4v) is 4.50. The molecule has 0 saturated heterocycles. The number of rotatable bonds is 3. The molecule has 0 saturated carbocycles. The number of aryl methyl sites for hydroxylation is 1. The van der Waals surface area contributed by atoms with Crippen molar-refractivity contribution in [1.82, 2.24) is 14.6 Å². The Balaban J connectivity index is 1.79. The van der Waals surface area contributed by atoms with Gasteiger partial charge in [-0.2, -0.15) is 14.9 Å². The zero-order valence-electron chi connectivity index (χ0n) is 14.4. The standard InChI is InChI=1S/C17H14ClN5O3S/c1-9-3-15(23-17(21-9)12(7-19)8-20-23)22-27(24,25)13-5-11-4-10(2)26-16(11)14(18)6-13/h3,5-6,8,10,22H,4H2,1-2H3. The van der Waals surface area contributed by atoms with Gasteiger partial charge < -0.3 is 4.74 Å². The molecule has 10 heteroatoms. The van der Waals surface area contributed by atoms with E-state index in [1.807, 2.05) is 13.0 Å². The van der Waals surface area contributed by atoms with Crippen molar-refractivity contribution in [1.29, 1.82) is 5.26 Å². The van der Waals surface area contributed by atoms with Crippen molar-refractivity contribution >= 4 is 33.1 Å². The van der Waals surface area contributed by atoms with Crippen molar-refractivity contribution in [2.75, 3.05) is 4.72 Å². The van der Waals surface area contributed by atoms with Crippen molar-refractivity contribution < 1.29 is 13.2 Å². The number of halogens is 1. The molecular weight excluding hydrogens is 390 g/mol.